The van der Waals surface area contributed by atoms with Gasteiger partial charge in [-0.2, -0.15) is 5.10 Å². The van der Waals surface area contributed by atoms with Crippen LogP contribution in [0.4, 0.5) is 0 Å². The SMILES string of the molecule is Cc1nc([C@H]2CN(Cc3cnn(C)c3C)CCO2)cc(=O)[nH]1. The highest BCUT2D eigenvalue weighted by molar-refractivity contribution is 5.16. The Morgan fingerprint density at radius 1 is 1.45 bits per heavy atom. The molecule has 22 heavy (non-hydrogen) atoms. The fraction of sp³-hybridized carbons (Fsp3) is 0.533. The molecule has 0 aromatic carbocycles. The molecule has 118 valence electrons. The number of hydrogen-bond acceptors (Lipinski definition) is 5. The zero-order valence-electron chi connectivity index (χ0n) is 13.2. The molecule has 1 fully saturated rings. The topological polar surface area (TPSA) is 76.0 Å². The first-order valence-electron chi connectivity index (χ1n) is 7.42. The smallest absolute Gasteiger partial charge is 0.251 e. The Hall–Kier alpha value is -1.99. The van der Waals surface area contributed by atoms with Crippen molar-refractivity contribution < 1.29 is 4.74 Å². The van der Waals surface area contributed by atoms with E-state index in [-0.39, 0.29) is 11.7 Å². The summed E-state index contributed by atoms with van der Waals surface area (Å²) in [6.45, 7) is 6.92. The van der Waals surface area contributed by atoms with Gasteiger partial charge in [0.15, 0.2) is 0 Å². The molecule has 1 atom stereocenters. The normalized spacial score (nSPS) is 19.5. The van der Waals surface area contributed by atoms with Crippen LogP contribution in [0.5, 0.6) is 0 Å². The summed E-state index contributed by atoms with van der Waals surface area (Å²) in [5, 5.41) is 4.28. The van der Waals surface area contributed by atoms with Crippen LogP contribution in [0.2, 0.25) is 0 Å². The third-order valence-electron chi connectivity index (χ3n) is 4.09. The average molecular weight is 303 g/mol. The zero-order valence-corrected chi connectivity index (χ0v) is 13.2. The lowest BCUT2D eigenvalue weighted by atomic mass is 10.1. The van der Waals surface area contributed by atoms with E-state index in [4.69, 9.17) is 4.74 Å². The third-order valence-corrected chi connectivity index (χ3v) is 4.09. The lowest BCUT2D eigenvalue weighted by Gasteiger charge is -2.32. The first-order chi connectivity index (χ1) is 10.5. The number of H-pyrrole nitrogens is 1. The van der Waals surface area contributed by atoms with Gasteiger partial charge in [0.2, 0.25) is 0 Å². The van der Waals surface area contributed by atoms with E-state index in [0.29, 0.717) is 18.1 Å². The molecule has 0 saturated carbocycles. The number of hydrogen-bond donors (Lipinski definition) is 1. The zero-order chi connectivity index (χ0) is 15.7. The van der Waals surface area contributed by atoms with Crippen molar-refractivity contribution >= 4 is 0 Å². The molecule has 3 heterocycles. The van der Waals surface area contributed by atoms with Crippen LogP contribution in [0.3, 0.4) is 0 Å². The van der Waals surface area contributed by atoms with Crippen molar-refractivity contribution in [2.45, 2.75) is 26.5 Å². The number of morpholine rings is 1. The Morgan fingerprint density at radius 3 is 2.95 bits per heavy atom. The highest BCUT2D eigenvalue weighted by Crippen LogP contribution is 2.21. The molecule has 1 saturated heterocycles. The third kappa shape index (κ3) is 3.10. The van der Waals surface area contributed by atoms with Gasteiger partial charge in [-0.1, -0.05) is 0 Å². The van der Waals surface area contributed by atoms with Gasteiger partial charge in [0.1, 0.15) is 11.9 Å². The molecule has 2 aromatic rings. The second kappa shape index (κ2) is 6.02. The van der Waals surface area contributed by atoms with Gasteiger partial charge < -0.3 is 9.72 Å². The standard InChI is InChI=1S/C15H21N5O2/c1-10-12(7-16-19(10)3)8-20-4-5-22-14(9-20)13-6-15(21)18-11(2)17-13/h6-7,14H,4-5,8-9H2,1-3H3,(H,17,18,21)/t14-/m1/s1. The minimum Gasteiger partial charge on any atom is -0.369 e. The van der Waals surface area contributed by atoms with E-state index in [0.717, 1.165) is 19.6 Å². The minimum atomic E-state index is -0.160. The quantitative estimate of drug-likeness (QED) is 0.903. The van der Waals surface area contributed by atoms with E-state index in [1.165, 1.54) is 17.3 Å². The second-order valence-electron chi connectivity index (χ2n) is 5.73. The van der Waals surface area contributed by atoms with Crippen LogP contribution in [-0.2, 0) is 18.3 Å². The number of aromatic amines is 1. The van der Waals surface area contributed by atoms with E-state index in [2.05, 4.69) is 26.9 Å². The molecule has 3 rings (SSSR count). The lowest BCUT2D eigenvalue weighted by molar-refractivity contribution is -0.0352. The van der Waals surface area contributed by atoms with Crippen LogP contribution in [0.15, 0.2) is 17.1 Å². The summed E-state index contributed by atoms with van der Waals surface area (Å²) < 4.78 is 7.68. The van der Waals surface area contributed by atoms with Crippen molar-refractivity contribution in [3.63, 3.8) is 0 Å². The van der Waals surface area contributed by atoms with E-state index in [1.807, 2.05) is 17.9 Å². The van der Waals surface area contributed by atoms with Crippen LogP contribution in [0.25, 0.3) is 0 Å². The van der Waals surface area contributed by atoms with Crippen LogP contribution >= 0.6 is 0 Å². The predicted octanol–water partition coefficient (Wildman–Crippen LogP) is 0.694. The summed E-state index contributed by atoms with van der Waals surface area (Å²) in [5.74, 6) is 0.617. The Balaban J connectivity index is 1.74. The van der Waals surface area contributed by atoms with Crippen LogP contribution < -0.4 is 5.56 Å². The van der Waals surface area contributed by atoms with E-state index in [1.54, 1.807) is 6.92 Å². The van der Waals surface area contributed by atoms with Crippen LogP contribution in [-0.4, -0.2) is 44.3 Å². The maximum Gasteiger partial charge on any atom is 0.251 e. The van der Waals surface area contributed by atoms with Crippen LogP contribution in [0, 0.1) is 13.8 Å². The van der Waals surface area contributed by atoms with Gasteiger partial charge >= 0.3 is 0 Å². The first-order valence-corrected chi connectivity index (χ1v) is 7.42. The summed E-state index contributed by atoms with van der Waals surface area (Å²) in [6, 6.07) is 1.52. The number of ether oxygens (including phenoxy) is 1. The monoisotopic (exact) mass is 303 g/mol. The van der Waals surface area contributed by atoms with Gasteiger partial charge in [0, 0.05) is 44.0 Å². The van der Waals surface area contributed by atoms with Gasteiger partial charge in [-0.05, 0) is 13.8 Å². The maximum absolute atomic E-state index is 11.6. The Bertz CT molecular complexity index is 721. The lowest BCUT2D eigenvalue weighted by Crippen LogP contribution is -2.38. The van der Waals surface area contributed by atoms with Gasteiger partial charge in [-0.3, -0.25) is 14.4 Å². The van der Waals surface area contributed by atoms with Crippen molar-refractivity contribution in [3.05, 3.63) is 45.4 Å². The largest absolute Gasteiger partial charge is 0.369 e. The molecular formula is C15H21N5O2. The highest BCUT2D eigenvalue weighted by Gasteiger charge is 2.24. The summed E-state index contributed by atoms with van der Waals surface area (Å²) in [7, 11) is 1.95. The Morgan fingerprint density at radius 2 is 2.27 bits per heavy atom. The van der Waals surface area contributed by atoms with Gasteiger partial charge in [-0.15, -0.1) is 0 Å². The fourth-order valence-corrected chi connectivity index (χ4v) is 2.73. The van der Waals surface area contributed by atoms with Crippen molar-refractivity contribution in [2.24, 2.45) is 7.05 Å². The van der Waals surface area contributed by atoms with Gasteiger partial charge in [0.05, 0.1) is 18.5 Å². The summed E-state index contributed by atoms with van der Waals surface area (Å²) >= 11 is 0. The van der Waals surface area contributed by atoms with Crippen molar-refractivity contribution in [2.75, 3.05) is 19.7 Å². The molecule has 1 aliphatic heterocycles. The molecular weight excluding hydrogens is 282 g/mol. The molecule has 1 N–H and O–H groups in total. The summed E-state index contributed by atoms with van der Waals surface area (Å²) in [6.07, 6.45) is 1.75. The maximum atomic E-state index is 11.6. The van der Waals surface area contributed by atoms with Crippen molar-refractivity contribution in [3.8, 4) is 0 Å². The molecule has 7 nitrogen and oxygen atoms in total. The average Bonchev–Trinajstić information content (AvgIpc) is 2.79. The van der Waals surface area contributed by atoms with E-state index in [9.17, 15) is 4.79 Å². The fourth-order valence-electron chi connectivity index (χ4n) is 2.73. The highest BCUT2D eigenvalue weighted by atomic mass is 16.5. The molecule has 7 heteroatoms. The van der Waals surface area contributed by atoms with E-state index >= 15 is 0 Å². The number of nitrogens with one attached hydrogen (secondary N) is 1. The van der Waals surface area contributed by atoms with E-state index < -0.39 is 0 Å². The Kier molecular flexibility index (Phi) is 4.08. The molecule has 0 aliphatic carbocycles. The molecule has 0 radical (unpaired) electrons. The number of nitrogens with zero attached hydrogens (tertiary/aromatic N) is 4. The first kappa shape index (κ1) is 14.9. The predicted molar refractivity (Wildman–Crippen MR) is 81.5 cm³/mol. The van der Waals surface area contributed by atoms with Crippen molar-refractivity contribution in [1.82, 2.24) is 24.6 Å². The summed E-state index contributed by atoms with van der Waals surface area (Å²) in [5.41, 5.74) is 2.96. The van der Waals surface area contributed by atoms with Gasteiger partial charge in [-0.25, -0.2) is 4.98 Å². The summed E-state index contributed by atoms with van der Waals surface area (Å²) in [4.78, 5) is 21.0. The van der Waals surface area contributed by atoms with Crippen molar-refractivity contribution in [1.29, 1.82) is 0 Å². The number of aromatic nitrogens is 4. The van der Waals surface area contributed by atoms with Crippen LogP contribution in [0.1, 0.15) is 28.9 Å². The molecule has 0 spiro atoms. The molecule has 0 bridgehead atoms. The second-order valence-corrected chi connectivity index (χ2v) is 5.73. The molecule has 1 aliphatic rings. The molecule has 2 aromatic heterocycles. The number of aryl methyl sites for hydroxylation is 2. The molecule has 0 amide bonds. The number of rotatable bonds is 3. The van der Waals surface area contributed by atoms with Gasteiger partial charge in [0.25, 0.3) is 5.56 Å². The molecule has 0 unspecified atom stereocenters. The minimum absolute atomic E-state index is 0.133. The Labute approximate surface area is 128 Å².